The highest BCUT2D eigenvalue weighted by Gasteiger charge is 2.39. The van der Waals surface area contributed by atoms with E-state index in [2.05, 4.69) is 0 Å². The third-order valence-corrected chi connectivity index (χ3v) is 4.41. The van der Waals surface area contributed by atoms with Crippen molar-refractivity contribution < 1.29 is 19.1 Å². The van der Waals surface area contributed by atoms with Crippen LogP contribution in [-0.4, -0.2) is 36.2 Å². The SMILES string of the molecule is C[C@@H](COCc1ccccc1)C(=O)N1C(=O)OC[C@H]1Cc1ccccc1. The van der Waals surface area contributed by atoms with Gasteiger partial charge in [-0.2, -0.15) is 0 Å². The van der Waals surface area contributed by atoms with Crippen molar-refractivity contribution in [2.45, 2.75) is 26.0 Å². The Balaban J connectivity index is 1.56. The molecule has 1 saturated heterocycles. The summed E-state index contributed by atoms with van der Waals surface area (Å²) < 4.78 is 10.8. The molecule has 1 aliphatic rings. The number of rotatable bonds is 7. The minimum absolute atomic E-state index is 0.233. The van der Waals surface area contributed by atoms with Crippen molar-refractivity contribution in [2.75, 3.05) is 13.2 Å². The Morgan fingerprint density at radius 1 is 1.12 bits per heavy atom. The number of cyclic esters (lactones) is 1. The van der Waals surface area contributed by atoms with Gasteiger partial charge in [-0.05, 0) is 17.5 Å². The summed E-state index contributed by atoms with van der Waals surface area (Å²) in [6, 6.07) is 19.3. The molecular formula is C21H23NO4. The Morgan fingerprint density at radius 3 is 2.38 bits per heavy atom. The maximum atomic E-state index is 12.7. The van der Waals surface area contributed by atoms with Gasteiger partial charge in [0.25, 0.3) is 0 Å². The van der Waals surface area contributed by atoms with Gasteiger partial charge in [-0.15, -0.1) is 0 Å². The number of amides is 2. The van der Waals surface area contributed by atoms with Crippen LogP contribution in [-0.2, 0) is 27.3 Å². The van der Waals surface area contributed by atoms with Gasteiger partial charge in [0, 0.05) is 0 Å². The lowest BCUT2D eigenvalue weighted by Crippen LogP contribution is -2.44. The van der Waals surface area contributed by atoms with Crippen LogP contribution in [0.3, 0.4) is 0 Å². The highest BCUT2D eigenvalue weighted by molar-refractivity contribution is 5.94. The van der Waals surface area contributed by atoms with E-state index in [1.54, 1.807) is 6.92 Å². The molecule has 5 heteroatoms. The van der Waals surface area contributed by atoms with Crippen molar-refractivity contribution in [3.05, 3.63) is 71.8 Å². The molecule has 26 heavy (non-hydrogen) atoms. The molecule has 0 radical (unpaired) electrons. The predicted molar refractivity (Wildman–Crippen MR) is 97.4 cm³/mol. The lowest BCUT2D eigenvalue weighted by atomic mass is 10.0. The second-order valence-corrected chi connectivity index (χ2v) is 6.53. The summed E-state index contributed by atoms with van der Waals surface area (Å²) in [6.45, 7) is 2.71. The van der Waals surface area contributed by atoms with Crippen LogP contribution in [0.2, 0.25) is 0 Å². The second-order valence-electron chi connectivity index (χ2n) is 6.53. The quantitative estimate of drug-likeness (QED) is 0.765. The Hall–Kier alpha value is -2.66. The van der Waals surface area contributed by atoms with Gasteiger partial charge in [0.2, 0.25) is 5.91 Å². The molecule has 1 aliphatic heterocycles. The number of hydrogen-bond donors (Lipinski definition) is 0. The molecule has 0 saturated carbocycles. The number of hydrogen-bond acceptors (Lipinski definition) is 4. The molecule has 0 aromatic heterocycles. The summed E-state index contributed by atoms with van der Waals surface area (Å²) >= 11 is 0. The van der Waals surface area contributed by atoms with Crippen molar-refractivity contribution in [2.24, 2.45) is 5.92 Å². The largest absolute Gasteiger partial charge is 0.447 e. The summed E-state index contributed by atoms with van der Waals surface area (Å²) in [6.07, 6.45) is 0.0291. The fraction of sp³-hybridized carbons (Fsp3) is 0.333. The molecule has 1 fully saturated rings. The van der Waals surface area contributed by atoms with Crippen molar-refractivity contribution in [3.63, 3.8) is 0 Å². The number of nitrogens with zero attached hydrogens (tertiary/aromatic N) is 1. The smallest absolute Gasteiger partial charge is 0.416 e. The van der Waals surface area contributed by atoms with Crippen LogP contribution in [0, 0.1) is 5.92 Å². The number of benzene rings is 2. The van der Waals surface area contributed by atoms with Crippen LogP contribution in [0.4, 0.5) is 4.79 Å². The Morgan fingerprint density at radius 2 is 1.73 bits per heavy atom. The first-order valence-corrected chi connectivity index (χ1v) is 8.80. The lowest BCUT2D eigenvalue weighted by Gasteiger charge is -2.23. The number of imide groups is 1. The molecule has 0 unspecified atom stereocenters. The zero-order valence-electron chi connectivity index (χ0n) is 14.8. The van der Waals surface area contributed by atoms with Crippen LogP contribution in [0.25, 0.3) is 0 Å². The van der Waals surface area contributed by atoms with E-state index in [1.165, 1.54) is 4.90 Å². The first-order valence-electron chi connectivity index (χ1n) is 8.80. The van der Waals surface area contributed by atoms with Gasteiger partial charge < -0.3 is 9.47 Å². The third-order valence-electron chi connectivity index (χ3n) is 4.41. The van der Waals surface area contributed by atoms with Crippen molar-refractivity contribution in [1.29, 1.82) is 0 Å². The summed E-state index contributed by atoms with van der Waals surface area (Å²) in [4.78, 5) is 26.1. The van der Waals surface area contributed by atoms with Crippen LogP contribution < -0.4 is 0 Å². The summed E-state index contributed by atoms with van der Waals surface area (Å²) in [5, 5.41) is 0. The zero-order valence-corrected chi connectivity index (χ0v) is 14.8. The van der Waals surface area contributed by atoms with E-state index < -0.39 is 12.0 Å². The maximum absolute atomic E-state index is 12.7. The molecule has 0 bridgehead atoms. The van der Waals surface area contributed by atoms with E-state index in [4.69, 9.17) is 9.47 Å². The topological polar surface area (TPSA) is 55.8 Å². The van der Waals surface area contributed by atoms with Crippen LogP contribution in [0.15, 0.2) is 60.7 Å². The van der Waals surface area contributed by atoms with Crippen molar-refractivity contribution in [1.82, 2.24) is 4.90 Å². The molecule has 0 aliphatic carbocycles. The van der Waals surface area contributed by atoms with Gasteiger partial charge in [0.15, 0.2) is 0 Å². The zero-order chi connectivity index (χ0) is 18.4. The number of carbonyl (C=O) groups excluding carboxylic acids is 2. The normalized spacial score (nSPS) is 17.8. The maximum Gasteiger partial charge on any atom is 0.416 e. The van der Waals surface area contributed by atoms with Gasteiger partial charge >= 0.3 is 6.09 Å². The second kappa shape index (κ2) is 8.63. The summed E-state index contributed by atoms with van der Waals surface area (Å²) in [7, 11) is 0. The van der Waals surface area contributed by atoms with E-state index in [0.717, 1.165) is 11.1 Å². The minimum atomic E-state index is -0.564. The molecule has 1 heterocycles. The highest BCUT2D eigenvalue weighted by Crippen LogP contribution is 2.20. The van der Waals surface area contributed by atoms with Crippen molar-refractivity contribution >= 4 is 12.0 Å². The van der Waals surface area contributed by atoms with E-state index in [0.29, 0.717) is 13.0 Å². The van der Waals surface area contributed by atoms with E-state index in [-0.39, 0.29) is 25.2 Å². The fourth-order valence-corrected chi connectivity index (χ4v) is 3.00. The number of ether oxygens (including phenoxy) is 2. The van der Waals surface area contributed by atoms with Gasteiger partial charge in [0.05, 0.1) is 25.2 Å². The first-order chi connectivity index (χ1) is 12.6. The molecule has 2 aromatic rings. The molecular weight excluding hydrogens is 330 g/mol. The molecule has 136 valence electrons. The summed E-state index contributed by atoms with van der Waals surface area (Å²) in [5.41, 5.74) is 2.12. The average Bonchev–Trinajstić information content (AvgIpc) is 3.03. The summed E-state index contributed by atoms with van der Waals surface area (Å²) in [5.74, 6) is -0.663. The van der Waals surface area contributed by atoms with E-state index in [1.807, 2.05) is 60.7 Å². The average molecular weight is 353 g/mol. The monoisotopic (exact) mass is 353 g/mol. The molecule has 3 rings (SSSR count). The molecule has 2 atom stereocenters. The molecule has 5 nitrogen and oxygen atoms in total. The Bertz CT molecular complexity index is 732. The van der Waals surface area contributed by atoms with Crippen molar-refractivity contribution in [3.8, 4) is 0 Å². The fourth-order valence-electron chi connectivity index (χ4n) is 3.00. The molecule has 0 spiro atoms. The first kappa shape index (κ1) is 18.1. The van der Waals surface area contributed by atoms with Crippen LogP contribution in [0.5, 0.6) is 0 Å². The van der Waals surface area contributed by atoms with Crippen LogP contribution in [0.1, 0.15) is 18.1 Å². The van der Waals surface area contributed by atoms with Gasteiger partial charge in [-0.25, -0.2) is 9.69 Å². The lowest BCUT2D eigenvalue weighted by molar-refractivity contribution is -0.135. The molecule has 0 N–H and O–H groups in total. The van der Waals surface area contributed by atoms with Gasteiger partial charge in [0.1, 0.15) is 6.61 Å². The Kier molecular flexibility index (Phi) is 6.02. The van der Waals surface area contributed by atoms with E-state index >= 15 is 0 Å². The highest BCUT2D eigenvalue weighted by atomic mass is 16.6. The van der Waals surface area contributed by atoms with Crippen LogP contribution >= 0.6 is 0 Å². The predicted octanol–water partition coefficient (Wildman–Crippen LogP) is 3.43. The van der Waals surface area contributed by atoms with Gasteiger partial charge in [-0.1, -0.05) is 67.6 Å². The molecule has 2 amide bonds. The minimum Gasteiger partial charge on any atom is -0.447 e. The standard InChI is InChI=1S/C21H23NO4/c1-16(13-25-14-18-10-6-3-7-11-18)20(23)22-19(15-26-21(22)24)12-17-8-4-2-5-9-17/h2-11,16,19H,12-15H2,1H3/t16-,19+/m0/s1. The third kappa shape index (κ3) is 4.49. The number of carbonyl (C=O) groups is 2. The molecule has 2 aromatic carbocycles. The van der Waals surface area contributed by atoms with E-state index in [9.17, 15) is 9.59 Å². The van der Waals surface area contributed by atoms with Gasteiger partial charge in [-0.3, -0.25) is 4.79 Å². The Labute approximate surface area is 153 Å².